The van der Waals surface area contributed by atoms with E-state index in [1.807, 2.05) is 0 Å². The molecular weight excluding hydrogens is 244 g/mol. The quantitative estimate of drug-likeness (QED) is 0.714. The minimum Gasteiger partial charge on any atom is -0.366 e. The fraction of sp³-hybridized carbons (Fsp3) is 0.818. The summed E-state index contributed by atoms with van der Waals surface area (Å²) >= 11 is 3.46. The molecular formula is C11H19BrO2. The monoisotopic (exact) mass is 262 g/mol. The van der Waals surface area contributed by atoms with Gasteiger partial charge in [-0.05, 0) is 36.1 Å². The molecule has 1 aliphatic carbocycles. The molecule has 0 bridgehead atoms. The van der Waals surface area contributed by atoms with E-state index in [1.54, 1.807) is 0 Å². The Morgan fingerprint density at radius 2 is 2.00 bits per heavy atom. The Labute approximate surface area is 94.1 Å². The third-order valence-corrected chi connectivity index (χ3v) is 4.01. The fourth-order valence-corrected chi connectivity index (χ4v) is 2.63. The first-order valence-electron chi connectivity index (χ1n) is 5.11. The van der Waals surface area contributed by atoms with Crippen LogP contribution >= 0.6 is 15.9 Å². The van der Waals surface area contributed by atoms with Crippen molar-refractivity contribution in [2.24, 2.45) is 17.8 Å². The molecule has 2 N–H and O–H groups in total. The van der Waals surface area contributed by atoms with Crippen LogP contribution in [0.15, 0.2) is 10.6 Å². The van der Waals surface area contributed by atoms with Gasteiger partial charge in [0, 0.05) is 5.92 Å². The van der Waals surface area contributed by atoms with Crippen LogP contribution in [-0.2, 0) is 0 Å². The molecule has 0 saturated heterocycles. The Bertz CT molecular complexity index is 230. The topological polar surface area (TPSA) is 40.5 Å². The van der Waals surface area contributed by atoms with Crippen molar-refractivity contribution in [3.05, 3.63) is 10.6 Å². The average molecular weight is 263 g/mol. The summed E-state index contributed by atoms with van der Waals surface area (Å²) in [6, 6.07) is 0. The van der Waals surface area contributed by atoms with Crippen molar-refractivity contribution in [2.75, 3.05) is 0 Å². The first-order valence-corrected chi connectivity index (χ1v) is 5.91. The minimum absolute atomic E-state index is 0.0920. The molecule has 0 radical (unpaired) electrons. The molecule has 3 atom stereocenters. The third kappa shape index (κ3) is 2.81. The van der Waals surface area contributed by atoms with Crippen molar-refractivity contribution in [1.82, 2.24) is 0 Å². The molecule has 0 saturated carbocycles. The molecule has 1 aliphatic rings. The molecule has 0 aromatic rings. The highest BCUT2D eigenvalue weighted by molar-refractivity contribution is 9.11. The first kappa shape index (κ1) is 12.2. The largest absolute Gasteiger partial charge is 0.366 e. The van der Waals surface area contributed by atoms with Crippen molar-refractivity contribution in [1.29, 1.82) is 0 Å². The van der Waals surface area contributed by atoms with Crippen LogP contribution in [0.5, 0.6) is 0 Å². The zero-order valence-corrected chi connectivity index (χ0v) is 10.6. The van der Waals surface area contributed by atoms with Crippen molar-refractivity contribution in [3.8, 4) is 0 Å². The second-order valence-electron chi connectivity index (χ2n) is 4.63. The Hall–Kier alpha value is 0.140. The van der Waals surface area contributed by atoms with Gasteiger partial charge in [-0.3, -0.25) is 0 Å². The summed E-state index contributed by atoms with van der Waals surface area (Å²) in [4.78, 5) is 0. The maximum atomic E-state index is 9.68. The van der Waals surface area contributed by atoms with Gasteiger partial charge in [0.05, 0.1) is 0 Å². The highest BCUT2D eigenvalue weighted by atomic mass is 79.9. The molecule has 0 fully saturated rings. The van der Waals surface area contributed by atoms with Gasteiger partial charge in [0.25, 0.3) is 0 Å². The number of hydrogen-bond donors (Lipinski definition) is 2. The van der Waals surface area contributed by atoms with Crippen LogP contribution in [0, 0.1) is 17.8 Å². The van der Waals surface area contributed by atoms with Gasteiger partial charge in [0.15, 0.2) is 5.79 Å². The van der Waals surface area contributed by atoms with Gasteiger partial charge in [-0.25, -0.2) is 0 Å². The van der Waals surface area contributed by atoms with E-state index in [1.165, 1.54) is 6.92 Å². The predicted octanol–water partition coefficient (Wildman–Crippen LogP) is 2.65. The Balaban J connectivity index is 2.87. The SMILES string of the molecule is CC1CC=C(Br)CC(C(C)(O)O)C1C. The Kier molecular flexibility index (Phi) is 3.78. The number of aliphatic hydroxyl groups is 2. The molecule has 1 rings (SSSR count). The van der Waals surface area contributed by atoms with E-state index < -0.39 is 5.79 Å². The van der Waals surface area contributed by atoms with Gasteiger partial charge in [-0.1, -0.05) is 35.9 Å². The molecule has 0 aromatic heterocycles. The van der Waals surface area contributed by atoms with Crippen LogP contribution in [0.4, 0.5) is 0 Å². The second kappa shape index (κ2) is 4.33. The van der Waals surface area contributed by atoms with Crippen LogP contribution in [0.3, 0.4) is 0 Å². The van der Waals surface area contributed by atoms with Gasteiger partial charge in [-0.2, -0.15) is 0 Å². The minimum atomic E-state index is -1.58. The maximum Gasteiger partial charge on any atom is 0.163 e. The summed E-state index contributed by atoms with van der Waals surface area (Å²) in [5.41, 5.74) is 0. The van der Waals surface area contributed by atoms with Gasteiger partial charge in [0.2, 0.25) is 0 Å². The summed E-state index contributed by atoms with van der Waals surface area (Å²) < 4.78 is 1.09. The third-order valence-electron chi connectivity index (χ3n) is 3.36. The number of halogens is 1. The lowest BCUT2D eigenvalue weighted by atomic mass is 9.78. The van der Waals surface area contributed by atoms with Crippen LogP contribution in [0.25, 0.3) is 0 Å². The van der Waals surface area contributed by atoms with Crippen molar-refractivity contribution < 1.29 is 10.2 Å². The van der Waals surface area contributed by atoms with E-state index in [9.17, 15) is 10.2 Å². The number of rotatable bonds is 1. The zero-order valence-electron chi connectivity index (χ0n) is 9.00. The number of allylic oxidation sites excluding steroid dienone is 2. The van der Waals surface area contributed by atoms with Crippen molar-refractivity contribution in [3.63, 3.8) is 0 Å². The van der Waals surface area contributed by atoms with Crippen LogP contribution in [0.1, 0.15) is 33.6 Å². The van der Waals surface area contributed by atoms with E-state index in [4.69, 9.17) is 0 Å². The molecule has 0 aliphatic heterocycles. The zero-order chi connectivity index (χ0) is 10.9. The molecule has 0 amide bonds. The van der Waals surface area contributed by atoms with E-state index in [0.717, 1.165) is 17.3 Å². The fourth-order valence-electron chi connectivity index (χ4n) is 2.10. The van der Waals surface area contributed by atoms with E-state index in [-0.39, 0.29) is 5.92 Å². The van der Waals surface area contributed by atoms with E-state index >= 15 is 0 Å². The second-order valence-corrected chi connectivity index (χ2v) is 5.65. The lowest BCUT2D eigenvalue weighted by molar-refractivity contribution is -0.199. The van der Waals surface area contributed by atoms with Crippen molar-refractivity contribution in [2.45, 2.75) is 39.4 Å². The van der Waals surface area contributed by atoms with Gasteiger partial charge < -0.3 is 10.2 Å². The summed E-state index contributed by atoms with van der Waals surface area (Å²) in [5.74, 6) is -0.856. The summed E-state index contributed by atoms with van der Waals surface area (Å²) in [7, 11) is 0. The highest BCUT2D eigenvalue weighted by Crippen LogP contribution is 2.39. The molecule has 0 aromatic carbocycles. The van der Waals surface area contributed by atoms with E-state index in [0.29, 0.717) is 11.8 Å². The van der Waals surface area contributed by atoms with Crippen molar-refractivity contribution >= 4 is 15.9 Å². The standard InChI is InChI=1S/C11H19BrO2/c1-7-4-5-9(12)6-10(8(7)2)11(3,13)14/h5,7-8,10,13-14H,4,6H2,1-3H3. The normalized spacial score (nSPS) is 35.0. The van der Waals surface area contributed by atoms with Crippen LogP contribution < -0.4 is 0 Å². The van der Waals surface area contributed by atoms with Gasteiger partial charge in [-0.15, -0.1) is 0 Å². The maximum absolute atomic E-state index is 9.68. The van der Waals surface area contributed by atoms with Gasteiger partial charge in [0.1, 0.15) is 0 Å². The molecule has 3 unspecified atom stereocenters. The smallest absolute Gasteiger partial charge is 0.163 e. The molecule has 3 heteroatoms. The molecule has 82 valence electrons. The number of hydrogen-bond acceptors (Lipinski definition) is 2. The molecule has 0 heterocycles. The van der Waals surface area contributed by atoms with Crippen LogP contribution in [-0.4, -0.2) is 16.0 Å². The molecule has 2 nitrogen and oxygen atoms in total. The Morgan fingerprint density at radius 1 is 1.43 bits per heavy atom. The molecule has 0 spiro atoms. The highest BCUT2D eigenvalue weighted by Gasteiger charge is 2.37. The Morgan fingerprint density at radius 3 is 2.50 bits per heavy atom. The summed E-state index contributed by atoms with van der Waals surface area (Å²) in [6.07, 6.45) is 3.87. The first-order chi connectivity index (χ1) is 6.32. The summed E-state index contributed by atoms with van der Waals surface area (Å²) in [5, 5.41) is 19.4. The summed E-state index contributed by atoms with van der Waals surface area (Å²) in [6.45, 7) is 5.73. The van der Waals surface area contributed by atoms with Crippen LogP contribution in [0.2, 0.25) is 0 Å². The lowest BCUT2D eigenvalue weighted by Gasteiger charge is -2.34. The van der Waals surface area contributed by atoms with Gasteiger partial charge >= 0.3 is 0 Å². The molecule has 14 heavy (non-hydrogen) atoms. The predicted molar refractivity (Wildman–Crippen MR) is 60.9 cm³/mol. The van der Waals surface area contributed by atoms with E-state index in [2.05, 4.69) is 35.9 Å². The average Bonchev–Trinajstić information content (AvgIpc) is 2.17. The lowest BCUT2D eigenvalue weighted by Crippen LogP contribution is -2.39.